The first-order valence-corrected chi connectivity index (χ1v) is 9.04. The highest BCUT2D eigenvalue weighted by Gasteiger charge is 2.34. The van der Waals surface area contributed by atoms with Gasteiger partial charge in [0.2, 0.25) is 0 Å². The zero-order valence-corrected chi connectivity index (χ0v) is 17.9. The Morgan fingerprint density at radius 3 is 2.33 bits per heavy atom. The summed E-state index contributed by atoms with van der Waals surface area (Å²) in [5, 5.41) is 6.80. The van der Waals surface area contributed by atoms with E-state index in [9.17, 15) is 4.39 Å². The first-order chi connectivity index (χ1) is 12.7. The molecule has 1 saturated heterocycles. The number of nitrogens with one attached hydrogen (secondary N) is 2. The summed E-state index contributed by atoms with van der Waals surface area (Å²) in [5.41, 5.74) is 2.28. The molecule has 2 aromatic carbocycles. The van der Waals surface area contributed by atoms with Crippen molar-refractivity contribution in [3.05, 3.63) is 71.5 Å². The molecule has 1 heterocycles. The normalized spacial score (nSPS) is 16.3. The Hall–Kier alpha value is -1.67. The fraction of sp³-hybridized carbons (Fsp3) is 0.381. The quantitative estimate of drug-likeness (QED) is 0.386. The summed E-state index contributed by atoms with van der Waals surface area (Å²) in [6.45, 7) is 2.88. The van der Waals surface area contributed by atoms with E-state index in [-0.39, 0.29) is 35.2 Å². The van der Waals surface area contributed by atoms with Crippen LogP contribution in [-0.4, -0.2) is 32.8 Å². The summed E-state index contributed by atoms with van der Waals surface area (Å²) in [7, 11) is 1.77. The monoisotopic (exact) mass is 483 g/mol. The van der Waals surface area contributed by atoms with Crippen molar-refractivity contribution in [2.45, 2.75) is 24.8 Å². The standard InChI is InChI=1S/C21H26FN3O.HI/c1-23-20(24-15-17-5-3-2-4-6-17)25-16-21(11-13-26-14-12-21)18-7-9-19(22)10-8-18;/h2-10H,11-16H2,1H3,(H2,23,24,25);1H. The number of hydrogen-bond donors (Lipinski definition) is 2. The molecule has 1 aliphatic rings. The van der Waals surface area contributed by atoms with E-state index in [0.717, 1.165) is 44.1 Å². The van der Waals surface area contributed by atoms with Crippen molar-refractivity contribution in [3.63, 3.8) is 0 Å². The van der Waals surface area contributed by atoms with Gasteiger partial charge in [0.25, 0.3) is 0 Å². The van der Waals surface area contributed by atoms with Gasteiger partial charge >= 0.3 is 0 Å². The summed E-state index contributed by atoms with van der Waals surface area (Å²) in [6.07, 6.45) is 1.81. The second-order valence-corrected chi connectivity index (χ2v) is 6.66. The lowest BCUT2D eigenvalue weighted by molar-refractivity contribution is 0.0513. The van der Waals surface area contributed by atoms with E-state index in [1.54, 1.807) is 7.05 Å². The van der Waals surface area contributed by atoms with Crippen LogP contribution in [0.15, 0.2) is 59.6 Å². The van der Waals surface area contributed by atoms with Gasteiger partial charge in [0.15, 0.2) is 5.96 Å². The third-order valence-corrected chi connectivity index (χ3v) is 5.03. The van der Waals surface area contributed by atoms with Gasteiger partial charge in [-0.25, -0.2) is 4.39 Å². The Morgan fingerprint density at radius 1 is 1.04 bits per heavy atom. The molecule has 27 heavy (non-hydrogen) atoms. The van der Waals surface area contributed by atoms with Crippen molar-refractivity contribution in [2.24, 2.45) is 4.99 Å². The van der Waals surface area contributed by atoms with E-state index in [1.165, 1.54) is 17.7 Å². The lowest BCUT2D eigenvalue weighted by atomic mass is 9.74. The van der Waals surface area contributed by atoms with Crippen LogP contribution >= 0.6 is 24.0 Å². The largest absolute Gasteiger partial charge is 0.381 e. The molecule has 0 atom stereocenters. The van der Waals surface area contributed by atoms with Gasteiger partial charge in [0.05, 0.1) is 0 Å². The zero-order valence-electron chi connectivity index (χ0n) is 15.6. The second-order valence-electron chi connectivity index (χ2n) is 6.66. The molecule has 1 fully saturated rings. The van der Waals surface area contributed by atoms with E-state index in [4.69, 9.17) is 4.74 Å². The molecule has 3 rings (SSSR count). The average Bonchev–Trinajstić information content (AvgIpc) is 2.70. The topological polar surface area (TPSA) is 45.7 Å². The number of rotatable bonds is 5. The van der Waals surface area contributed by atoms with Crippen LogP contribution in [-0.2, 0) is 16.7 Å². The van der Waals surface area contributed by atoms with Crippen LogP contribution in [0, 0.1) is 5.82 Å². The van der Waals surface area contributed by atoms with Gasteiger partial charge in [-0.1, -0.05) is 42.5 Å². The Bertz CT molecular complexity index is 716. The molecule has 6 heteroatoms. The van der Waals surface area contributed by atoms with Crippen LogP contribution in [0.1, 0.15) is 24.0 Å². The Morgan fingerprint density at radius 2 is 1.70 bits per heavy atom. The highest BCUT2D eigenvalue weighted by Crippen LogP contribution is 2.34. The minimum Gasteiger partial charge on any atom is -0.381 e. The zero-order chi connectivity index (χ0) is 18.2. The molecule has 0 unspecified atom stereocenters. The smallest absolute Gasteiger partial charge is 0.191 e. The van der Waals surface area contributed by atoms with E-state index in [0.29, 0.717) is 6.54 Å². The van der Waals surface area contributed by atoms with Crippen LogP contribution in [0.25, 0.3) is 0 Å². The van der Waals surface area contributed by atoms with Crippen LogP contribution < -0.4 is 10.6 Å². The summed E-state index contributed by atoms with van der Waals surface area (Å²) >= 11 is 0. The molecular formula is C21H27FIN3O. The number of halogens is 2. The summed E-state index contributed by atoms with van der Waals surface area (Å²) in [6, 6.07) is 17.1. The molecular weight excluding hydrogens is 456 g/mol. The van der Waals surface area contributed by atoms with Gasteiger partial charge in [0, 0.05) is 38.8 Å². The lowest BCUT2D eigenvalue weighted by Crippen LogP contribution is -2.47. The van der Waals surface area contributed by atoms with Crippen LogP contribution in [0.4, 0.5) is 4.39 Å². The molecule has 2 aromatic rings. The van der Waals surface area contributed by atoms with Gasteiger partial charge in [-0.05, 0) is 36.1 Å². The maximum Gasteiger partial charge on any atom is 0.191 e. The number of nitrogens with zero attached hydrogens (tertiary/aromatic N) is 1. The lowest BCUT2D eigenvalue weighted by Gasteiger charge is -2.38. The molecule has 0 bridgehead atoms. The minimum absolute atomic E-state index is 0. The van der Waals surface area contributed by atoms with Gasteiger partial charge in [0.1, 0.15) is 5.82 Å². The first kappa shape index (κ1) is 21.6. The molecule has 0 amide bonds. The molecule has 0 aliphatic carbocycles. The first-order valence-electron chi connectivity index (χ1n) is 9.04. The van der Waals surface area contributed by atoms with E-state index >= 15 is 0 Å². The van der Waals surface area contributed by atoms with Crippen molar-refractivity contribution in [1.29, 1.82) is 0 Å². The third-order valence-electron chi connectivity index (χ3n) is 5.03. The van der Waals surface area contributed by atoms with Crippen molar-refractivity contribution in [2.75, 3.05) is 26.8 Å². The number of ether oxygens (including phenoxy) is 1. The SMILES string of the molecule is CN=C(NCc1ccccc1)NCC1(c2ccc(F)cc2)CCOCC1.I. The number of aliphatic imine (C=N–C) groups is 1. The summed E-state index contributed by atoms with van der Waals surface area (Å²) < 4.78 is 18.9. The van der Waals surface area contributed by atoms with E-state index in [2.05, 4.69) is 27.8 Å². The highest BCUT2D eigenvalue weighted by molar-refractivity contribution is 14.0. The Labute approximate surface area is 177 Å². The van der Waals surface area contributed by atoms with E-state index in [1.807, 2.05) is 30.3 Å². The average molecular weight is 483 g/mol. The fourth-order valence-electron chi connectivity index (χ4n) is 3.39. The highest BCUT2D eigenvalue weighted by atomic mass is 127. The molecule has 1 aliphatic heterocycles. The fourth-order valence-corrected chi connectivity index (χ4v) is 3.39. The van der Waals surface area contributed by atoms with Crippen molar-refractivity contribution in [3.8, 4) is 0 Å². The van der Waals surface area contributed by atoms with Crippen LogP contribution in [0.3, 0.4) is 0 Å². The van der Waals surface area contributed by atoms with Gasteiger partial charge in [-0.15, -0.1) is 24.0 Å². The molecule has 2 N–H and O–H groups in total. The molecule has 0 aromatic heterocycles. The van der Waals surface area contributed by atoms with Crippen molar-refractivity contribution < 1.29 is 9.13 Å². The maximum atomic E-state index is 13.3. The predicted molar refractivity (Wildman–Crippen MR) is 118 cm³/mol. The van der Waals surface area contributed by atoms with Crippen LogP contribution in [0.5, 0.6) is 0 Å². The van der Waals surface area contributed by atoms with E-state index < -0.39 is 0 Å². The van der Waals surface area contributed by atoms with Gasteiger partial charge in [-0.2, -0.15) is 0 Å². The molecule has 146 valence electrons. The number of hydrogen-bond acceptors (Lipinski definition) is 2. The molecule has 0 saturated carbocycles. The predicted octanol–water partition coefficient (Wildman–Crippen LogP) is 3.86. The van der Waals surface area contributed by atoms with Gasteiger partial charge in [-0.3, -0.25) is 4.99 Å². The van der Waals surface area contributed by atoms with Gasteiger partial charge < -0.3 is 15.4 Å². The third kappa shape index (κ3) is 5.90. The minimum atomic E-state index is -0.204. The molecule has 0 radical (unpaired) electrons. The van der Waals surface area contributed by atoms with Crippen molar-refractivity contribution in [1.82, 2.24) is 10.6 Å². The Balaban J connectivity index is 0.00000261. The molecule has 0 spiro atoms. The number of guanidine groups is 1. The summed E-state index contributed by atoms with van der Waals surface area (Å²) in [4.78, 5) is 4.33. The van der Waals surface area contributed by atoms with Crippen molar-refractivity contribution >= 4 is 29.9 Å². The summed E-state index contributed by atoms with van der Waals surface area (Å²) in [5.74, 6) is 0.561. The molecule has 4 nitrogen and oxygen atoms in total. The van der Waals surface area contributed by atoms with Crippen LogP contribution in [0.2, 0.25) is 0 Å². The Kier molecular flexibility index (Phi) is 8.50. The number of benzene rings is 2. The second kappa shape index (κ2) is 10.6. The maximum absolute atomic E-state index is 13.3.